The van der Waals surface area contributed by atoms with Crippen LogP contribution in [0.5, 0.6) is 0 Å². The van der Waals surface area contributed by atoms with Crippen molar-refractivity contribution in [3.05, 3.63) is 59.7 Å². The zero-order valence-electron chi connectivity index (χ0n) is 18.8. The molecule has 8 nitrogen and oxygen atoms in total. The van der Waals surface area contributed by atoms with Gasteiger partial charge in [-0.3, -0.25) is 9.59 Å². The van der Waals surface area contributed by atoms with Crippen molar-refractivity contribution >= 4 is 18.0 Å². The average molecular weight is 465 g/mol. The first-order valence-corrected chi connectivity index (χ1v) is 11.7. The topological polar surface area (TPSA) is 105 Å². The van der Waals surface area contributed by atoms with Gasteiger partial charge in [-0.1, -0.05) is 48.5 Å². The van der Waals surface area contributed by atoms with Gasteiger partial charge in [0, 0.05) is 25.6 Å². The van der Waals surface area contributed by atoms with E-state index in [1.54, 1.807) is 4.90 Å². The largest absolute Gasteiger partial charge is 0.481 e. The van der Waals surface area contributed by atoms with Crippen LogP contribution in [0.2, 0.25) is 0 Å². The Balaban J connectivity index is 0.975. The first kappa shape index (κ1) is 22.4. The molecule has 5 rings (SSSR count). The Bertz CT molecular complexity index is 1040. The van der Waals surface area contributed by atoms with Crippen LogP contribution in [0.25, 0.3) is 11.1 Å². The standard InChI is InChI=1S/C26H28N2O6/c29-23(28-13-20-21(14-28)24(20)25(30)31)9-11-33-12-10-27-26(32)34-15-22-18-7-3-1-5-16(18)17-6-2-4-8-19(17)22/h1-8,20-22,24H,9-15H2,(H,27,32)(H,30,31). The number of amides is 2. The molecule has 2 aromatic rings. The Morgan fingerprint density at radius 2 is 1.56 bits per heavy atom. The molecule has 1 aliphatic heterocycles. The van der Waals surface area contributed by atoms with Crippen molar-refractivity contribution in [3.63, 3.8) is 0 Å². The molecular formula is C26H28N2O6. The van der Waals surface area contributed by atoms with Crippen LogP contribution in [-0.2, 0) is 19.1 Å². The number of carboxylic acid groups (broad SMARTS) is 1. The van der Waals surface area contributed by atoms with Crippen LogP contribution in [0.15, 0.2) is 48.5 Å². The van der Waals surface area contributed by atoms with E-state index >= 15 is 0 Å². The summed E-state index contributed by atoms with van der Waals surface area (Å²) in [5.41, 5.74) is 4.70. The van der Waals surface area contributed by atoms with Crippen molar-refractivity contribution in [2.75, 3.05) is 39.5 Å². The Labute approximate surface area is 197 Å². The van der Waals surface area contributed by atoms with Crippen molar-refractivity contribution in [3.8, 4) is 11.1 Å². The predicted octanol–water partition coefficient (Wildman–Crippen LogP) is 2.72. The Morgan fingerprint density at radius 3 is 2.18 bits per heavy atom. The minimum Gasteiger partial charge on any atom is -0.481 e. The molecule has 0 bridgehead atoms. The lowest BCUT2D eigenvalue weighted by Crippen LogP contribution is -2.33. The number of hydrogen-bond acceptors (Lipinski definition) is 5. The molecule has 0 aromatic heterocycles. The lowest BCUT2D eigenvalue weighted by atomic mass is 9.98. The fourth-order valence-corrected chi connectivity index (χ4v) is 5.39. The maximum atomic E-state index is 12.2. The summed E-state index contributed by atoms with van der Waals surface area (Å²) >= 11 is 0. The number of nitrogens with zero attached hydrogens (tertiary/aromatic N) is 1. The highest BCUT2D eigenvalue weighted by Gasteiger charge is 2.60. The molecular weight excluding hydrogens is 436 g/mol. The molecule has 0 radical (unpaired) electrons. The van der Waals surface area contributed by atoms with E-state index in [-0.39, 0.29) is 55.8 Å². The fourth-order valence-electron chi connectivity index (χ4n) is 5.39. The summed E-state index contributed by atoms with van der Waals surface area (Å²) in [6, 6.07) is 16.4. The molecule has 2 aliphatic carbocycles. The quantitative estimate of drug-likeness (QED) is 0.553. The van der Waals surface area contributed by atoms with E-state index < -0.39 is 12.1 Å². The summed E-state index contributed by atoms with van der Waals surface area (Å²) in [6.07, 6.45) is -0.243. The third-order valence-electron chi connectivity index (χ3n) is 7.15. The summed E-state index contributed by atoms with van der Waals surface area (Å²) in [5, 5.41) is 11.7. The lowest BCUT2D eigenvalue weighted by molar-refractivity contribution is -0.141. The molecule has 178 valence electrons. The average Bonchev–Trinajstić information content (AvgIpc) is 3.20. The van der Waals surface area contributed by atoms with E-state index in [0.29, 0.717) is 19.6 Å². The highest BCUT2D eigenvalue weighted by molar-refractivity contribution is 5.80. The Hall–Kier alpha value is -3.39. The minimum absolute atomic E-state index is 0.0131. The number of hydrogen-bond donors (Lipinski definition) is 2. The predicted molar refractivity (Wildman–Crippen MR) is 123 cm³/mol. The number of piperidine rings is 1. The molecule has 0 spiro atoms. The lowest BCUT2D eigenvalue weighted by Gasteiger charge is -2.19. The van der Waals surface area contributed by atoms with E-state index in [2.05, 4.69) is 29.6 Å². The Kier molecular flexibility index (Phi) is 6.24. The third kappa shape index (κ3) is 4.37. The maximum absolute atomic E-state index is 12.2. The van der Waals surface area contributed by atoms with Crippen LogP contribution in [-0.4, -0.2) is 67.4 Å². The number of aliphatic carboxylic acids is 1. The zero-order valence-corrected chi connectivity index (χ0v) is 18.8. The summed E-state index contributed by atoms with van der Waals surface area (Å²) < 4.78 is 11.0. The highest BCUT2D eigenvalue weighted by atomic mass is 16.5. The number of alkyl carbamates (subject to hydrolysis) is 1. The molecule has 3 aliphatic rings. The van der Waals surface area contributed by atoms with Gasteiger partial charge >= 0.3 is 12.1 Å². The number of fused-ring (bicyclic) bond motifs is 4. The van der Waals surface area contributed by atoms with Gasteiger partial charge in [-0.25, -0.2) is 4.79 Å². The molecule has 2 unspecified atom stereocenters. The van der Waals surface area contributed by atoms with Gasteiger partial charge in [0.1, 0.15) is 6.61 Å². The van der Waals surface area contributed by atoms with Gasteiger partial charge in [0.2, 0.25) is 5.91 Å². The maximum Gasteiger partial charge on any atom is 0.407 e. The molecule has 2 amide bonds. The molecule has 1 heterocycles. The van der Waals surface area contributed by atoms with Crippen LogP contribution in [0.3, 0.4) is 0 Å². The van der Waals surface area contributed by atoms with Crippen LogP contribution >= 0.6 is 0 Å². The number of carboxylic acids is 1. The van der Waals surface area contributed by atoms with Gasteiger partial charge in [-0.15, -0.1) is 0 Å². The summed E-state index contributed by atoms with van der Waals surface area (Å²) in [7, 11) is 0. The van der Waals surface area contributed by atoms with Crippen molar-refractivity contribution in [1.29, 1.82) is 0 Å². The zero-order chi connectivity index (χ0) is 23.7. The van der Waals surface area contributed by atoms with Crippen LogP contribution < -0.4 is 5.32 Å². The second-order valence-electron chi connectivity index (χ2n) is 9.11. The van der Waals surface area contributed by atoms with Crippen LogP contribution in [0, 0.1) is 17.8 Å². The Morgan fingerprint density at radius 1 is 0.941 bits per heavy atom. The number of ether oxygens (including phenoxy) is 2. The van der Waals surface area contributed by atoms with E-state index in [1.165, 1.54) is 22.3 Å². The molecule has 2 aromatic carbocycles. The van der Waals surface area contributed by atoms with Crippen molar-refractivity contribution in [2.24, 2.45) is 17.8 Å². The molecule has 2 atom stereocenters. The number of rotatable bonds is 9. The van der Waals surface area contributed by atoms with Crippen LogP contribution in [0.1, 0.15) is 23.5 Å². The number of likely N-dealkylation sites (tertiary alicyclic amines) is 1. The van der Waals surface area contributed by atoms with Gasteiger partial charge in [0.05, 0.1) is 25.6 Å². The molecule has 2 fully saturated rings. The number of nitrogens with one attached hydrogen (secondary N) is 1. The molecule has 8 heteroatoms. The summed E-state index contributed by atoms with van der Waals surface area (Å²) in [4.78, 5) is 37.1. The smallest absolute Gasteiger partial charge is 0.407 e. The normalized spacial score (nSPS) is 22.0. The van der Waals surface area contributed by atoms with E-state index in [4.69, 9.17) is 14.6 Å². The first-order chi connectivity index (χ1) is 16.5. The number of carbonyl (C=O) groups is 3. The van der Waals surface area contributed by atoms with E-state index in [0.717, 1.165) is 0 Å². The van der Waals surface area contributed by atoms with E-state index in [9.17, 15) is 14.4 Å². The molecule has 1 saturated heterocycles. The molecule has 1 saturated carbocycles. The fraction of sp³-hybridized carbons (Fsp3) is 0.423. The molecule has 2 N–H and O–H groups in total. The SMILES string of the molecule is O=C(NCCOCCC(=O)N1CC2C(C1)C2C(=O)O)OCC1c2ccccc2-c2ccccc21. The number of carbonyl (C=O) groups excluding carboxylic acids is 2. The minimum atomic E-state index is -0.755. The second-order valence-corrected chi connectivity index (χ2v) is 9.11. The van der Waals surface area contributed by atoms with Crippen molar-refractivity contribution in [1.82, 2.24) is 10.2 Å². The van der Waals surface area contributed by atoms with E-state index in [1.807, 2.05) is 24.3 Å². The number of benzene rings is 2. The van der Waals surface area contributed by atoms with Crippen LogP contribution in [0.4, 0.5) is 4.79 Å². The van der Waals surface area contributed by atoms with Crippen molar-refractivity contribution in [2.45, 2.75) is 12.3 Å². The second kappa shape index (κ2) is 9.46. The van der Waals surface area contributed by atoms with Crippen molar-refractivity contribution < 1.29 is 29.0 Å². The summed E-state index contributed by atoms with van der Waals surface area (Å²) in [6.45, 7) is 2.16. The monoisotopic (exact) mass is 464 g/mol. The molecule has 34 heavy (non-hydrogen) atoms. The summed E-state index contributed by atoms with van der Waals surface area (Å²) in [5.74, 6) is -0.796. The highest BCUT2D eigenvalue weighted by Crippen LogP contribution is 2.51. The van der Waals surface area contributed by atoms with Gasteiger partial charge in [-0.2, -0.15) is 0 Å². The third-order valence-corrected chi connectivity index (χ3v) is 7.15. The van der Waals surface area contributed by atoms with Gasteiger partial charge in [-0.05, 0) is 34.1 Å². The van der Waals surface area contributed by atoms with Gasteiger partial charge < -0.3 is 24.8 Å². The van der Waals surface area contributed by atoms with Gasteiger partial charge in [0.15, 0.2) is 0 Å². The van der Waals surface area contributed by atoms with Gasteiger partial charge in [0.25, 0.3) is 0 Å². The first-order valence-electron chi connectivity index (χ1n) is 11.7.